The van der Waals surface area contributed by atoms with Gasteiger partial charge in [0.05, 0.1) is 6.04 Å². The molecule has 1 heterocycles. The zero-order valence-electron chi connectivity index (χ0n) is 8.47. The minimum atomic E-state index is -0.0984. The number of nitrogens with two attached hydrogens (primary N) is 1. The van der Waals surface area contributed by atoms with Crippen LogP contribution in [0.5, 0.6) is 0 Å². The Labute approximate surface area is 102 Å². The van der Waals surface area contributed by atoms with Gasteiger partial charge in [0.25, 0.3) is 0 Å². The molecule has 5 heteroatoms. The molecule has 0 amide bonds. The maximum atomic E-state index is 5.57. The van der Waals surface area contributed by atoms with Crippen LogP contribution in [0.15, 0.2) is 47.5 Å². The second-order valence-corrected chi connectivity index (χ2v) is 4.24. The number of hydrogen-bond donors (Lipinski definition) is 2. The molecular formula is C11H11BrN4. The second-order valence-electron chi connectivity index (χ2n) is 3.33. The fraction of sp³-hybridized carbons (Fsp3) is 0.0909. The van der Waals surface area contributed by atoms with Crippen LogP contribution in [0, 0.1) is 0 Å². The molecule has 1 aromatic heterocycles. The predicted octanol–water partition coefficient (Wildman–Crippen LogP) is 1.79. The molecule has 2 aromatic rings. The lowest BCUT2D eigenvalue weighted by Gasteiger charge is -2.16. The summed E-state index contributed by atoms with van der Waals surface area (Å²) in [7, 11) is 0. The predicted molar refractivity (Wildman–Crippen MR) is 65.3 cm³/mol. The Morgan fingerprint density at radius 2 is 1.94 bits per heavy atom. The van der Waals surface area contributed by atoms with Gasteiger partial charge in [0.2, 0.25) is 0 Å². The summed E-state index contributed by atoms with van der Waals surface area (Å²) in [5.74, 6) is 5.57. The van der Waals surface area contributed by atoms with Gasteiger partial charge in [-0.1, -0.05) is 28.1 Å². The molecule has 0 bridgehead atoms. The van der Waals surface area contributed by atoms with Crippen molar-refractivity contribution in [2.24, 2.45) is 5.84 Å². The first-order valence-electron chi connectivity index (χ1n) is 4.78. The molecule has 0 saturated carbocycles. The van der Waals surface area contributed by atoms with Gasteiger partial charge in [-0.05, 0) is 17.7 Å². The van der Waals surface area contributed by atoms with Crippen molar-refractivity contribution >= 4 is 15.9 Å². The highest BCUT2D eigenvalue weighted by molar-refractivity contribution is 9.10. The molecule has 0 aliphatic heterocycles. The smallest absolute Gasteiger partial charge is 0.115 e. The van der Waals surface area contributed by atoms with E-state index in [1.165, 1.54) is 6.33 Å². The molecule has 0 fully saturated rings. The van der Waals surface area contributed by atoms with E-state index in [2.05, 4.69) is 31.3 Å². The Morgan fingerprint density at radius 1 is 1.19 bits per heavy atom. The molecule has 82 valence electrons. The van der Waals surface area contributed by atoms with Crippen molar-refractivity contribution in [2.45, 2.75) is 6.04 Å². The molecule has 0 saturated heterocycles. The Kier molecular flexibility index (Phi) is 3.61. The molecule has 4 nitrogen and oxygen atoms in total. The largest absolute Gasteiger partial charge is 0.271 e. The number of nitrogens with one attached hydrogen (secondary N) is 1. The Bertz CT molecular complexity index is 461. The normalized spacial score (nSPS) is 12.4. The van der Waals surface area contributed by atoms with Crippen LogP contribution >= 0.6 is 15.9 Å². The highest BCUT2D eigenvalue weighted by Gasteiger charge is 2.12. The molecular weight excluding hydrogens is 268 g/mol. The van der Waals surface area contributed by atoms with E-state index in [9.17, 15) is 0 Å². The third kappa shape index (κ3) is 2.44. The van der Waals surface area contributed by atoms with Crippen molar-refractivity contribution in [1.82, 2.24) is 15.4 Å². The van der Waals surface area contributed by atoms with Gasteiger partial charge in [0, 0.05) is 22.4 Å². The summed E-state index contributed by atoms with van der Waals surface area (Å²) < 4.78 is 1.02. The van der Waals surface area contributed by atoms with Crippen LogP contribution in [0.3, 0.4) is 0 Å². The standard InChI is InChI=1S/C11H11BrN4/c12-10-3-1-2-8(4-10)11(16-13)9-5-14-7-15-6-9/h1-7,11,16H,13H2. The van der Waals surface area contributed by atoms with E-state index < -0.39 is 0 Å². The fourth-order valence-corrected chi connectivity index (χ4v) is 1.95. The van der Waals surface area contributed by atoms with E-state index in [-0.39, 0.29) is 6.04 Å². The number of hydrazine groups is 1. The highest BCUT2D eigenvalue weighted by Crippen LogP contribution is 2.22. The fourth-order valence-electron chi connectivity index (χ4n) is 1.53. The van der Waals surface area contributed by atoms with E-state index in [4.69, 9.17) is 5.84 Å². The van der Waals surface area contributed by atoms with E-state index in [1.807, 2.05) is 24.3 Å². The monoisotopic (exact) mass is 278 g/mol. The quantitative estimate of drug-likeness (QED) is 0.664. The number of hydrogen-bond acceptors (Lipinski definition) is 4. The van der Waals surface area contributed by atoms with Crippen molar-refractivity contribution in [1.29, 1.82) is 0 Å². The average molecular weight is 279 g/mol. The van der Waals surface area contributed by atoms with Crippen LogP contribution < -0.4 is 11.3 Å². The molecule has 3 N–H and O–H groups in total. The molecule has 0 radical (unpaired) electrons. The summed E-state index contributed by atoms with van der Waals surface area (Å²) in [4.78, 5) is 7.97. The van der Waals surface area contributed by atoms with Crippen molar-refractivity contribution < 1.29 is 0 Å². The Balaban J connectivity index is 2.37. The van der Waals surface area contributed by atoms with Crippen LogP contribution in [0.4, 0.5) is 0 Å². The van der Waals surface area contributed by atoms with Gasteiger partial charge >= 0.3 is 0 Å². The second kappa shape index (κ2) is 5.16. The van der Waals surface area contributed by atoms with Gasteiger partial charge in [0.15, 0.2) is 0 Å². The van der Waals surface area contributed by atoms with Gasteiger partial charge in [-0.2, -0.15) is 0 Å². The first kappa shape index (κ1) is 11.2. The summed E-state index contributed by atoms with van der Waals surface area (Å²) in [6.45, 7) is 0. The molecule has 0 aliphatic rings. The molecule has 0 aliphatic carbocycles. The number of halogens is 1. The number of rotatable bonds is 3. The SMILES string of the molecule is NNC(c1cncnc1)c1cccc(Br)c1. The minimum absolute atomic E-state index is 0.0984. The lowest BCUT2D eigenvalue weighted by Crippen LogP contribution is -2.29. The average Bonchev–Trinajstić information content (AvgIpc) is 2.31. The van der Waals surface area contributed by atoms with Gasteiger partial charge in [-0.15, -0.1) is 0 Å². The lowest BCUT2D eigenvalue weighted by atomic mass is 10.0. The van der Waals surface area contributed by atoms with Gasteiger partial charge in [0.1, 0.15) is 6.33 Å². The number of nitrogens with zero attached hydrogens (tertiary/aromatic N) is 2. The summed E-state index contributed by atoms with van der Waals surface area (Å²) in [5.41, 5.74) is 4.76. The van der Waals surface area contributed by atoms with E-state index >= 15 is 0 Å². The summed E-state index contributed by atoms with van der Waals surface area (Å²) in [5, 5.41) is 0. The molecule has 1 unspecified atom stereocenters. The van der Waals surface area contributed by atoms with Crippen molar-refractivity contribution in [3.8, 4) is 0 Å². The van der Waals surface area contributed by atoms with E-state index in [1.54, 1.807) is 12.4 Å². The molecule has 0 spiro atoms. The highest BCUT2D eigenvalue weighted by atomic mass is 79.9. The maximum Gasteiger partial charge on any atom is 0.115 e. The summed E-state index contributed by atoms with van der Waals surface area (Å²) in [6, 6.07) is 7.85. The van der Waals surface area contributed by atoms with Crippen LogP contribution in [-0.2, 0) is 0 Å². The first-order valence-corrected chi connectivity index (χ1v) is 5.57. The topological polar surface area (TPSA) is 63.8 Å². The molecule has 2 rings (SSSR count). The van der Waals surface area contributed by atoms with Crippen molar-refractivity contribution in [2.75, 3.05) is 0 Å². The summed E-state index contributed by atoms with van der Waals surface area (Å²) >= 11 is 3.43. The molecule has 16 heavy (non-hydrogen) atoms. The van der Waals surface area contributed by atoms with Gasteiger partial charge in [-0.25, -0.2) is 15.4 Å². The third-order valence-electron chi connectivity index (χ3n) is 2.26. The van der Waals surface area contributed by atoms with Crippen LogP contribution in [-0.4, -0.2) is 9.97 Å². The Hall–Kier alpha value is -1.30. The minimum Gasteiger partial charge on any atom is -0.271 e. The molecule has 1 atom stereocenters. The number of benzene rings is 1. The zero-order valence-corrected chi connectivity index (χ0v) is 10.1. The molecule has 1 aromatic carbocycles. The van der Waals surface area contributed by atoms with Crippen LogP contribution in [0.25, 0.3) is 0 Å². The zero-order chi connectivity index (χ0) is 11.4. The van der Waals surface area contributed by atoms with Crippen LogP contribution in [0.2, 0.25) is 0 Å². The maximum absolute atomic E-state index is 5.57. The lowest BCUT2D eigenvalue weighted by molar-refractivity contribution is 0.631. The van der Waals surface area contributed by atoms with Crippen molar-refractivity contribution in [3.05, 3.63) is 58.6 Å². The van der Waals surface area contributed by atoms with E-state index in [0.717, 1.165) is 15.6 Å². The Morgan fingerprint density at radius 3 is 2.56 bits per heavy atom. The summed E-state index contributed by atoms with van der Waals surface area (Å²) in [6.07, 6.45) is 4.99. The van der Waals surface area contributed by atoms with Gasteiger partial charge < -0.3 is 0 Å². The third-order valence-corrected chi connectivity index (χ3v) is 2.76. The van der Waals surface area contributed by atoms with E-state index in [0.29, 0.717) is 0 Å². The number of aromatic nitrogens is 2. The van der Waals surface area contributed by atoms with Gasteiger partial charge in [-0.3, -0.25) is 5.84 Å². The van der Waals surface area contributed by atoms with Crippen LogP contribution in [0.1, 0.15) is 17.2 Å². The van der Waals surface area contributed by atoms with Crippen molar-refractivity contribution in [3.63, 3.8) is 0 Å². The first-order chi connectivity index (χ1) is 7.81.